The summed E-state index contributed by atoms with van der Waals surface area (Å²) in [6.45, 7) is 2.02. The molecule has 2 N–H and O–H groups in total. The van der Waals surface area contributed by atoms with Crippen LogP contribution in [0.25, 0.3) is 10.8 Å². The molecular formula is C16H17NO2. The van der Waals surface area contributed by atoms with E-state index in [1.165, 1.54) is 12.8 Å². The zero-order valence-electron chi connectivity index (χ0n) is 10.9. The van der Waals surface area contributed by atoms with Gasteiger partial charge in [0, 0.05) is 6.04 Å². The fourth-order valence-electron chi connectivity index (χ4n) is 2.41. The van der Waals surface area contributed by atoms with Crippen molar-refractivity contribution in [2.45, 2.75) is 25.8 Å². The molecule has 0 bridgehead atoms. The van der Waals surface area contributed by atoms with Crippen molar-refractivity contribution in [3.63, 3.8) is 0 Å². The summed E-state index contributed by atoms with van der Waals surface area (Å²) >= 11 is 0. The van der Waals surface area contributed by atoms with Gasteiger partial charge in [-0.25, -0.2) is 0 Å². The summed E-state index contributed by atoms with van der Waals surface area (Å²) in [5, 5.41) is 14.8. The smallest absolute Gasteiger partial charge is 0.255 e. The minimum absolute atomic E-state index is 0.0409. The molecular weight excluding hydrogens is 238 g/mol. The predicted molar refractivity (Wildman–Crippen MR) is 75.3 cm³/mol. The maximum absolute atomic E-state index is 12.2. The highest BCUT2D eigenvalue weighted by atomic mass is 16.3. The molecule has 1 aliphatic carbocycles. The van der Waals surface area contributed by atoms with E-state index in [1.54, 1.807) is 12.1 Å². The van der Waals surface area contributed by atoms with Crippen LogP contribution in [0.2, 0.25) is 0 Å². The van der Waals surface area contributed by atoms with Crippen LogP contribution in [-0.4, -0.2) is 17.1 Å². The number of nitrogens with one attached hydrogen (secondary N) is 1. The van der Waals surface area contributed by atoms with E-state index in [1.807, 2.05) is 31.2 Å². The molecule has 1 saturated carbocycles. The Hall–Kier alpha value is -2.03. The van der Waals surface area contributed by atoms with Gasteiger partial charge in [-0.1, -0.05) is 24.3 Å². The number of carbonyl (C=O) groups is 1. The second kappa shape index (κ2) is 4.57. The van der Waals surface area contributed by atoms with Crippen molar-refractivity contribution in [3.05, 3.63) is 42.0 Å². The summed E-state index contributed by atoms with van der Waals surface area (Å²) in [6, 6.07) is 11.3. The van der Waals surface area contributed by atoms with E-state index in [2.05, 4.69) is 5.32 Å². The van der Waals surface area contributed by atoms with Gasteiger partial charge in [0.15, 0.2) is 0 Å². The number of carbonyl (C=O) groups excluding carboxylic acids is 1. The Bertz CT molecular complexity index is 632. The monoisotopic (exact) mass is 255 g/mol. The molecule has 0 heterocycles. The Labute approximate surface area is 112 Å². The van der Waals surface area contributed by atoms with Gasteiger partial charge in [0.2, 0.25) is 0 Å². The highest BCUT2D eigenvalue weighted by Crippen LogP contribution is 2.33. The molecule has 1 aliphatic rings. The van der Waals surface area contributed by atoms with Gasteiger partial charge < -0.3 is 10.4 Å². The topological polar surface area (TPSA) is 49.3 Å². The minimum atomic E-state index is -0.192. The molecule has 0 aliphatic heterocycles. The van der Waals surface area contributed by atoms with Crippen LogP contribution in [0.15, 0.2) is 36.4 Å². The highest BCUT2D eigenvalue weighted by molar-refractivity contribution is 6.01. The Morgan fingerprint density at radius 1 is 1.26 bits per heavy atom. The van der Waals surface area contributed by atoms with Crippen LogP contribution in [0, 0.1) is 5.92 Å². The van der Waals surface area contributed by atoms with Crippen LogP contribution in [0.4, 0.5) is 0 Å². The lowest BCUT2D eigenvalue weighted by molar-refractivity contribution is 0.0933. The molecule has 3 rings (SSSR count). The number of hydrogen-bond donors (Lipinski definition) is 2. The Kier molecular flexibility index (Phi) is 2.90. The largest absolute Gasteiger partial charge is 0.507 e. The minimum Gasteiger partial charge on any atom is -0.507 e. The van der Waals surface area contributed by atoms with E-state index in [0.29, 0.717) is 11.5 Å². The number of aromatic hydroxyl groups is 1. The molecule has 0 spiro atoms. The molecule has 0 saturated heterocycles. The molecule has 2 aromatic rings. The third-order valence-corrected chi connectivity index (χ3v) is 3.80. The number of rotatable bonds is 3. The first kappa shape index (κ1) is 12.0. The maximum Gasteiger partial charge on any atom is 0.255 e. The molecule has 1 amide bonds. The molecule has 1 fully saturated rings. The van der Waals surface area contributed by atoms with Crippen LogP contribution in [0.1, 0.15) is 30.1 Å². The lowest BCUT2D eigenvalue weighted by Crippen LogP contribution is -2.34. The van der Waals surface area contributed by atoms with Crippen molar-refractivity contribution in [2.75, 3.05) is 0 Å². The Morgan fingerprint density at radius 3 is 2.53 bits per heavy atom. The average molecular weight is 255 g/mol. The highest BCUT2D eigenvalue weighted by Gasteiger charge is 2.29. The third kappa shape index (κ3) is 2.41. The van der Waals surface area contributed by atoms with E-state index in [0.717, 1.165) is 10.8 Å². The molecule has 3 nitrogen and oxygen atoms in total. The fourth-order valence-corrected chi connectivity index (χ4v) is 2.41. The van der Waals surface area contributed by atoms with E-state index >= 15 is 0 Å². The van der Waals surface area contributed by atoms with Crippen molar-refractivity contribution in [1.29, 1.82) is 0 Å². The molecule has 3 heteroatoms. The quantitative estimate of drug-likeness (QED) is 0.885. The van der Waals surface area contributed by atoms with Crippen LogP contribution < -0.4 is 5.32 Å². The van der Waals surface area contributed by atoms with Gasteiger partial charge in [0.05, 0.1) is 5.56 Å². The van der Waals surface area contributed by atoms with E-state index in [-0.39, 0.29) is 17.7 Å². The van der Waals surface area contributed by atoms with Crippen molar-refractivity contribution in [3.8, 4) is 5.75 Å². The standard InChI is InChI=1S/C16H17NO2/c1-10(11-6-7-11)17-16(19)14-8-12-4-2-3-5-13(12)9-15(14)18/h2-5,8-11,18H,6-7H2,1H3,(H,17,19). The van der Waals surface area contributed by atoms with Crippen molar-refractivity contribution in [1.82, 2.24) is 5.32 Å². The first-order chi connectivity index (χ1) is 9.15. The van der Waals surface area contributed by atoms with E-state index in [9.17, 15) is 9.90 Å². The van der Waals surface area contributed by atoms with Crippen LogP contribution >= 0.6 is 0 Å². The first-order valence-corrected chi connectivity index (χ1v) is 6.68. The summed E-state index contributed by atoms with van der Waals surface area (Å²) in [4.78, 5) is 12.2. The summed E-state index contributed by atoms with van der Waals surface area (Å²) < 4.78 is 0. The molecule has 1 unspecified atom stereocenters. The summed E-state index contributed by atoms with van der Waals surface area (Å²) in [6.07, 6.45) is 2.37. The number of hydrogen-bond acceptors (Lipinski definition) is 2. The van der Waals surface area contributed by atoms with Crippen molar-refractivity contribution >= 4 is 16.7 Å². The zero-order valence-corrected chi connectivity index (χ0v) is 10.9. The van der Waals surface area contributed by atoms with Crippen LogP contribution in [-0.2, 0) is 0 Å². The SMILES string of the molecule is CC(NC(=O)c1cc2ccccc2cc1O)C1CC1. The Morgan fingerprint density at radius 2 is 1.89 bits per heavy atom. The molecule has 98 valence electrons. The molecule has 2 aromatic carbocycles. The molecule has 0 aromatic heterocycles. The molecule has 1 atom stereocenters. The lowest BCUT2D eigenvalue weighted by atomic mass is 10.0. The van der Waals surface area contributed by atoms with Gasteiger partial charge in [0.1, 0.15) is 5.75 Å². The summed E-state index contributed by atoms with van der Waals surface area (Å²) in [7, 11) is 0. The van der Waals surface area contributed by atoms with Gasteiger partial charge in [-0.15, -0.1) is 0 Å². The van der Waals surface area contributed by atoms with Gasteiger partial charge in [-0.2, -0.15) is 0 Å². The number of phenolic OH excluding ortho intramolecular Hbond substituents is 1. The van der Waals surface area contributed by atoms with Gasteiger partial charge >= 0.3 is 0 Å². The lowest BCUT2D eigenvalue weighted by Gasteiger charge is -2.14. The van der Waals surface area contributed by atoms with Gasteiger partial charge in [-0.05, 0) is 48.6 Å². The third-order valence-electron chi connectivity index (χ3n) is 3.80. The fraction of sp³-hybridized carbons (Fsp3) is 0.312. The van der Waals surface area contributed by atoms with Crippen molar-refractivity contribution in [2.24, 2.45) is 5.92 Å². The zero-order chi connectivity index (χ0) is 13.4. The second-order valence-electron chi connectivity index (χ2n) is 5.32. The van der Waals surface area contributed by atoms with E-state index in [4.69, 9.17) is 0 Å². The second-order valence-corrected chi connectivity index (χ2v) is 5.32. The normalized spacial score (nSPS) is 16.3. The van der Waals surface area contributed by atoms with E-state index < -0.39 is 0 Å². The maximum atomic E-state index is 12.2. The van der Waals surface area contributed by atoms with Gasteiger partial charge in [-0.3, -0.25) is 4.79 Å². The number of phenols is 1. The number of fused-ring (bicyclic) bond motifs is 1. The molecule has 0 radical (unpaired) electrons. The summed E-state index contributed by atoms with van der Waals surface area (Å²) in [5.74, 6) is 0.452. The van der Waals surface area contributed by atoms with Crippen molar-refractivity contribution < 1.29 is 9.90 Å². The average Bonchev–Trinajstić information content (AvgIpc) is 3.22. The number of benzene rings is 2. The van der Waals surface area contributed by atoms with Gasteiger partial charge in [0.25, 0.3) is 5.91 Å². The predicted octanol–water partition coefficient (Wildman–Crippen LogP) is 3.07. The van der Waals surface area contributed by atoms with Crippen LogP contribution in [0.5, 0.6) is 5.75 Å². The first-order valence-electron chi connectivity index (χ1n) is 6.68. The Balaban J connectivity index is 1.90. The number of amides is 1. The summed E-state index contributed by atoms with van der Waals surface area (Å²) in [5.41, 5.74) is 0.353. The van der Waals surface area contributed by atoms with Crippen LogP contribution in [0.3, 0.4) is 0 Å². The molecule has 19 heavy (non-hydrogen) atoms.